The molecule has 1 aliphatic heterocycles. The van der Waals surface area contributed by atoms with Crippen LogP contribution in [0.5, 0.6) is 0 Å². The van der Waals surface area contributed by atoms with E-state index in [1.54, 1.807) is 4.31 Å². The number of hydrogen-bond donors (Lipinski definition) is 1. The molecule has 0 aromatic heterocycles. The van der Waals surface area contributed by atoms with E-state index < -0.39 is 10.0 Å². The Morgan fingerprint density at radius 1 is 1.17 bits per heavy atom. The summed E-state index contributed by atoms with van der Waals surface area (Å²) in [5.74, 6) is 1.16. The lowest BCUT2D eigenvalue weighted by Crippen LogP contribution is -2.51. The van der Waals surface area contributed by atoms with Crippen LogP contribution < -0.4 is 5.32 Å². The monoisotopic (exact) mass is 274 g/mol. The molecule has 0 amide bonds. The van der Waals surface area contributed by atoms with Gasteiger partial charge >= 0.3 is 0 Å². The Kier molecular flexibility index (Phi) is 4.67. The van der Waals surface area contributed by atoms with Crippen LogP contribution in [0, 0.1) is 5.92 Å². The van der Waals surface area contributed by atoms with E-state index in [0.717, 1.165) is 18.8 Å². The number of nitrogens with zero attached hydrogens (tertiary/aromatic N) is 1. The number of sulfonamides is 1. The van der Waals surface area contributed by atoms with Crippen LogP contribution in [0.3, 0.4) is 0 Å². The third kappa shape index (κ3) is 3.45. The minimum absolute atomic E-state index is 0.297. The predicted octanol–water partition coefficient (Wildman–Crippen LogP) is 1.58. The van der Waals surface area contributed by atoms with Gasteiger partial charge in [0, 0.05) is 25.2 Å². The first-order valence-corrected chi connectivity index (χ1v) is 8.86. The second-order valence-corrected chi connectivity index (χ2v) is 8.02. The maximum absolute atomic E-state index is 11.9. The quantitative estimate of drug-likeness (QED) is 0.828. The molecular formula is C13H26N2O2S. The Labute approximate surface area is 111 Å². The van der Waals surface area contributed by atoms with Crippen molar-refractivity contribution in [2.24, 2.45) is 5.92 Å². The smallest absolute Gasteiger partial charge is 0.214 e. The summed E-state index contributed by atoms with van der Waals surface area (Å²) in [7, 11) is -2.98. The van der Waals surface area contributed by atoms with Crippen LogP contribution in [0.4, 0.5) is 0 Å². The maximum atomic E-state index is 11.9. The van der Waals surface area contributed by atoms with Crippen LogP contribution in [-0.4, -0.2) is 43.6 Å². The van der Waals surface area contributed by atoms with Crippen molar-refractivity contribution in [1.82, 2.24) is 9.62 Å². The van der Waals surface area contributed by atoms with Gasteiger partial charge in [-0.25, -0.2) is 12.7 Å². The van der Waals surface area contributed by atoms with Crippen molar-refractivity contribution in [3.63, 3.8) is 0 Å². The van der Waals surface area contributed by atoms with Crippen LogP contribution in [0.25, 0.3) is 0 Å². The number of piperidine rings is 1. The third-order valence-corrected chi connectivity index (χ3v) is 6.23. The number of hydrogen-bond acceptors (Lipinski definition) is 3. The SMILES string of the molecule is CCCS(=O)(=O)N1CCC(NC2CC(C)C2)CC1. The summed E-state index contributed by atoms with van der Waals surface area (Å²) in [4.78, 5) is 0. The average molecular weight is 274 g/mol. The summed E-state index contributed by atoms with van der Waals surface area (Å²) in [6, 6.07) is 1.21. The van der Waals surface area contributed by atoms with Gasteiger partial charge in [0.05, 0.1) is 5.75 Å². The van der Waals surface area contributed by atoms with Crippen LogP contribution >= 0.6 is 0 Å². The van der Waals surface area contributed by atoms with Gasteiger partial charge in [0.15, 0.2) is 0 Å². The van der Waals surface area contributed by atoms with Gasteiger partial charge in [0.2, 0.25) is 10.0 Å². The Morgan fingerprint density at radius 2 is 1.78 bits per heavy atom. The van der Waals surface area contributed by atoms with Gasteiger partial charge in [-0.3, -0.25) is 0 Å². The second-order valence-electron chi connectivity index (χ2n) is 5.93. The highest BCUT2D eigenvalue weighted by atomic mass is 32.2. The zero-order valence-electron chi connectivity index (χ0n) is 11.6. The average Bonchev–Trinajstić information content (AvgIpc) is 2.28. The fourth-order valence-corrected chi connectivity index (χ4v) is 4.60. The molecule has 0 aromatic carbocycles. The topological polar surface area (TPSA) is 49.4 Å². The first kappa shape index (κ1) is 14.3. The maximum Gasteiger partial charge on any atom is 0.214 e. The van der Waals surface area contributed by atoms with Gasteiger partial charge in [-0.05, 0) is 38.0 Å². The Hall–Kier alpha value is -0.130. The molecule has 0 aromatic rings. The van der Waals surface area contributed by atoms with Crippen molar-refractivity contribution < 1.29 is 8.42 Å². The molecule has 1 N–H and O–H groups in total. The normalized spacial score (nSPS) is 31.2. The molecule has 0 unspecified atom stereocenters. The predicted molar refractivity (Wildman–Crippen MR) is 74.0 cm³/mol. The van der Waals surface area contributed by atoms with E-state index in [9.17, 15) is 8.42 Å². The number of nitrogens with one attached hydrogen (secondary N) is 1. The van der Waals surface area contributed by atoms with Crippen LogP contribution in [-0.2, 0) is 10.0 Å². The van der Waals surface area contributed by atoms with E-state index in [-0.39, 0.29) is 0 Å². The largest absolute Gasteiger partial charge is 0.311 e. The fourth-order valence-electron chi connectivity index (χ4n) is 3.06. The lowest BCUT2D eigenvalue weighted by Gasteiger charge is -2.39. The van der Waals surface area contributed by atoms with Gasteiger partial charge in [0.1, 0.15) is 0 Å². The molecule has 18 heavy (non-hydrogen) atoms. The van der Waals surface area contributed by atoms with E-state index in [4.69, 9.17) is 0 Å². The highest BCUT2D eigenvalue weighted by Crippen LogP contribution is 2.28. The lowest BCUT2D eigenvalue weighted by molar-refractivity contribution is 0.192. The summed E-state index contributed by atoms with van der Waals surface area (Å²) < 4.78 is 25.5. The molecule has 4 nitrogen and oxygen atoms in total. The Bertz CT molecular complexity index is 355. The zero-order valence-corrected chi connectivity index (χ0v) is 12.4. The van der Waals surface area contributed by atoms with E-state index in [0.29, 0.717) is 37.3 Å². The zero-order chi connectivity index (χ0) is 13.2. The van der Waals surface area contributed by atoms with E-state index in [1.807, 2.05) is 6.92 Å². The molecule has 1 saturated carbocycles. The molecule has 0 bridgehead atoms. The van der Waals surface area contributed by atoms with Crippen molar-refractivity contribution in [2.45, 2.75) is 58.0 Å². The minimum Gasteiger partial charge on any atom is -0.311 e. The third-order valence-electron chi connectivity index (χ3n) is 4.15. The van der Waals surface area contributed by atoms with Gasteiger partial charge in [-0.15, -0.1) is 0 Å². The van der Waals surface area contributed by atoms with E-state index >= 15 is 0 Å². The fraction of sp³-hybridized carbons (Fsp3) is 1.00. The van der Waals surface area contributed by atoms with Crippen LogP contribution in [0.2, 0.25) is 0 Å². The summed E-state index contributed by atoms with van der Waals surface area (Å²) in [6.07, 6.45) is 5.21. The minimum atomic E-state index is -2.98. The molecule has 106 valence electrons. The van der Waals surface area contributed by atoms with E-state index in [2.05, 4.69) is 12.2 Å². The van der Waals surface area contributed by atoms with Crippen molar-refractivity contribution in [3.8, 4) is 0 Å². The van der Waals surface area contributed by atoms with Gasteiger partial charge in [0.25, 0.3) is 0 Å². The Morgan fingerprint density at radius 3 is 2.28 bits per heavy atom. The summed E-state index contributed by atoms with van der Waals surface area (Å²) >= 11 is 0. The van der Waals surface area contributed by atoms with Crippen molar-refractivity contribution >= 4 is 10.0 Å². The lowest BCUT2D eigenvalue weighted by atomic mass is 9.81. The molecule has 5 heteroatoms. The first-order valence-electron chi connectivity index (χ1n) is 7.25. The van der Waals surface area contributed by atoms with Gasteiger partial charge in [-0.2, -0.15) is 0 Å². The van der Waals surface area contributed by atoms with Crippen molar-refractivity contribution in [3.05, 3.63) is 0 Å². The Balaban J connectivity index is 1.74. The summed E-state index contributed by atoms with van der Waals surface area (Å²) in [6.45, 7) is 5.60. The molecule has 0 radical (unpaired) electrons. The number of rotatable bonds is 5. The van der Waals surface area contributed by atoms with Gasteiger partial charge < -0.3 is 5.32 Å². The first-order chi connectivity index (χ1) is 8.51. The highest BCUT2D eigenvalue weighted by molar-refractivity contribution is 7.89. The van der Waals surface area contributed by atoms with Crippen LogP contribution in [0.15, 0.2) is 0 Å². The summed E-state index contributed by atoms with van der Waals surface area (Å²) in [5.41, 5.74) is 0. The van der Waals surface area contributed by atoms with E-state index in [1.165, 1.54) is 12.8 Å². The molecule has 2 aliphatic rings. The molecule has 1 aliphatic carbocycles. The van der Waals surface area contributed by atoms with Crippen LogP contribution in [0.1, 0.15) is 46.0 Å². The molecular weight excluding hydrogens is 248 g/mol. The highest BCUT2D eigenvalue weighted by Gasteiger charge is 2.31. The summed E-state index contributed by atoms with van der Waals surface area (Å²) in [5, 5.41) is 3.67. The molecule has 1 saturated heterocycles. The molecule has 2 fully saturated rings. The molecule has 2 rings (SSSR count). The van der Waals surface area contributed by atoms with Crippen molar-refractivity contribution in [1.29, 1.82) is 0 Å². The molecule has 0 atom stereocenters. The second kappa shape index (κ2) is 5.88. The van der Waals surface area contributed by atoms with Crippen molar-refractivity contribution in [2.75, 3.05) is 18.8 Å². The molecule has 0 spiro atoms. The molecule has 1 heterocycles. The standard InChI is InChI=1S/C13H26N2O2S/c1-3-8-18(16,17)15-6-4-12(5-7-15)14-13-9-11(2)10-13/h11-14H,3-10H2,1-2H3. The van der Waals surface area contributed by atoms with Gasteiger partial charge in [-0.1, -0.05) is 13.8 Å².